The number of aromatic amines is 1. The van der Waals surface area contributed by atoms with Crippen LogP contribution in [0.25, 0.3) is 11.2 Å². The Hall–Kier alpha value is -2.06. The summed E-state index contributed by atoms with van der Waals surface area (Å²) in [5.41, 5.74) is 11.6. The molecular formula is C10H11ClN6OS. The lowest BCUT2D eigenvalue weighted by Crippen LogP contribution is -2.12. The average molecular weight is 299 g/mol. The maximum Gasteiger partial charge on any atom is 0.280 e. The minimum atomic E-state index is -0.380. The normalized spacial score (nSPS) is 10.5. The Morgan fingerprint density at radius 1 is 1.37 bits per heavy atom. The van der Waals surface area contributed by atoms with Gasteiger partial charge in [0.15, 0.2) is 11.2 Å². The fraction of sp³-hybridized carbons (Fsp3) is 0.100. The molecule has 0 amide bonds. The topological polar surface area (TPSA) is 116 Å². The molecule has 0 atom stereocenters. The number of hydrogen-bond acceptors (Lipinski definition) is 6. The smallest absolute Gasteiger partial charge is 0.280 e. The van der Waals surface area contributed by atoms with Crippen LogP contribution in [-0.4, -0.2) is 19.5 Å². The summed E-state index contributed by atoms with van der Waals surface area (Å²) < 4.78 is 1.67. The zero-order valence-electron chi connectivity index (χ0n) is 9.66. The van der Waals surface area contributed by atoms with Crippen LogP contribution in [0.3, 0.4) is 0 Å². The summed E-state index contributed by atoms with van der Waals surface area (Å²) in [5, 5.41) is 1.97. The number of nitrogens with two attached hydrogens (primary N) is 2. The van der Waals surface area contributed by atoms with Gasteiger partial charge in [0.1, 0.15) is 0 Å². The zero-order chi connectivity index (χ0) is 12.7. The van der Waals surface area contributed by atoms with Gasteiger partial charge in [-0.2, -0.15) is 4.98 Å². The van der Waals surface area contributed by atoms with E-state index >= 15 is 0 Å². The molecule has 0 aromatic carbocycles. The fourth-order valence-corrected chi connectivity index (χ4v) is 2.45. The number of fused-ring (bicyclic) bond motifs is 1. The van der Waals surface area contributed by atoms with Crippen LogP contribution >= 0.6 is 23.7 Å². The number of aromatic nitrogens is 4. The Morgan fingerprint density at radius 2 is 2.16 bits per heavy atom. The van der Waals surface area contributed by atoms with E-state index in [0.717, 1.165) is 4.88 Å². The van der Waals surface area contributed by atoms with E-state index in [1.807, 2.05) is 17.5 Å². The maximum absolute atomic E-state index is 11.7. The highest BCUT2D eigenvalue weighted by Crippen LogP contribution is 2.17. The predicted molar refractivity (Wildman–Crippen MR) is 77.6 cm³/mol. The van der Waals surface area contributed by atoms with E-state index in [1.165, 1.54) is 0 Å². The van der Waals surface area contributed by atoms with Gasteiger partial charge in [-0.05, 0) is 11.4 Å². The highest BCUT2D eigenvalue weighted by Gasteiger charge is 2.14. The van der Waals surface area contributed by atoms with Gasteiger partial charge < -0.3 is 11.5 Å². The second-order valence-corrected chi connectivity index (χ2v) is 4.79. The molecule has 0 bridgehead atoms. The molecule has 7 nitrogen and oxygen atoms in total. The van der Waals surface area contributed by atoms with Crippen LogP contribution in [-0.2, 0) is 6.54 Å². The van der Waals surface area contributed by atoms with Crippen molar-refractivity contribution >= 4 is 46.8 Å². The molecule has 0 aliphatic rings. The van der Waals surface area contributed by atoms with Crippen LogP contribution in [0.15, 0.2) is 22.3 Å². The third-order valence-corrected chi connectivity index (χ3v) is 3.41. The van der Waals surface area contributed by atoms with Crippen molar-refractivity contribution < 1.29 is 0 Å². The number of nitrogen functional groups attached to an aromatic ring is 2. The molecule has 0 spiro atoms. The molecule has 9 heteroatoms. The Morgan fingerprint density at radius 3 is 2.84 bits per heavy atom. The van der Waals surface area contributed by atoms with Gasteiger partial charge in [-0.3, -0.25) is 14.3 Å². The van der Waals surface area contributed by atoms with Crippen LogP contribution in [0.5, 0.6) is 0 Å². The van der Waals surface area contributed by atoms with Crippen LogP contribution in [0.1, 0.15) is 4.88 Å². The molecule has 0 aliphatic heterocycles. The molecule has 0 saturated carbocycles. The zero-order valence-corrected chi connectivity index (χ0v) is 11.3. The van der Waals surface area contributed by atoms with Gasteiger partial charge in [-0.1, -0.05) is 6.07 Å². The first-order valence-electron chi connectivity index (χ1n) is 5.19. The second kappa shape index (κ2) is 4.90. The first kappa shape index (κ1) is 13.4. The Kier molecular flexibility index (Phi) is 3.45. The largest absolute Gasteiger partial charge is 0.369 e. The molecule has 3 aromatic rings. The minimum absolute atomic E-state index is 0. The van der Waals surface area contributed by atoms with Crippen molar-refractivity contribution in [1.82, 2.24) is 19.5 Å². The fourth-order valence-electron chi connectivity index (χ4n) is 1.76. The summed E-state index contributed by atoms with van der Waals surface area (Å²) in [5.74, 6) is 0.307. The average Bonchev–Trinajstić information content (AvgIpc) is 2.91. The van der Waals surface area contributed by atoms with Crippen LogP contribution in [0.4, 0.5) is 11.9 Å². The van der Waals surface area contributed by atoms with Crippen LogP contribution in [0.2, 0.25) is 0 Å². The van der Waals surface area contributed by atoms with Crippen molar-refractivity contribution in [2.24, 2.45) is 0 Å². The molecule has 100 valence electrons. The van der Waals surface area contributed by atoms with Gasteiger partial charge in [-0.25, -0.2) is 4.98 Å². The lowest BCUT2D eigenvalue weighted by Gasteiger charge is -2.03. The van der Waals surface area contributed by atoms with Crippen molar-refractivity contribution in [2.45, 2.75) is 6.54 Å². The van der Waals surface area contributed by atoms with Crippen LogP contribution in [0, 0.1) is 0 Å². The second-order valence-electron chi connectivity index (χ2n) is 3.76. The standard InChI is InChI=1S/C10H10N6OS.ClH/c11-9-14-7-6(8(17)15-9)13-10(12)16(7)4-5-2-1-3-18-5;/h1-3H,4H2,(H2,12,13)(H3,11,14,15,17);1H. The van der Waals surface area contributed by atoms with Gasteiger partial charge >= 0.3 is 0 Å². The number of H-pyrrole nitrogens is 1. The summed E-state index contributed by atoms with van der Waals surface area (Å²) in [6, 6.07) is 3.93. The highest BCUT2D eigenvalue weighted by molar-refractivity contribution is 7.09. The molecule has 0 radical (unpaired) electrons. The van der Waals surface area contributed by atoms with Crippen molar-refractivity contribution in [3.05, 3.63) is 32.7 Å². The summed E-state index contributed by atoms with van der Waals surface area (Å²) >= 11 is 1.60. The summed E-state index contributed by atoms with van der Waals surface area (Å²) in [6.45, 7) is 0.524. The molecule has 0 fully saturated rings. The maximum atomic E-state index is 11.7. The number of nitrogens with one attached hydrogen (secondary N) is 1. The van der Waals surface area contributed by atoms with E-state index in [-0.39, 0.29) is 35.4 Å². The lowest BCUT2D eigenvalue weighted by molar-refractivity contribution is 0.840. The lowest BCUT2D eigenvalue weighted by atomic mass is 10.4. The number of anilines is 2. The van der Waals surface area contributed by atoms with E-state index in [2.05, 4.69) is 15.0 Å². The van der Waals surface area contributed by atoms with Crippen molar-refractivity contribution in [1.29, 1.82) is 0 Å². The van der Waals surface area contributed by atoms with E-state index < -0.39 is 0 Å². The predicted octanol–water partition coefficient (Wildman–Crippen LogP) is 0.816. The number of halogens is 1. The Bertz CT molecular complexity index is 762. The molecule has 3 heterocycles. The van der Waals surface area contributed by atoms with E-state index in [1.54, 1.807) is 15.9 Å². The van der Waals surface area contributed by atoms with Gasteiger partial charge in [0.2, 0.25) is 11.9 Å². The monoisotopic (exact) mass is 298 g/mol. The molecule has 3 rings (SSSR count). The number of nitrogens with zero attached hydrogens (tertiary/aromatic N) is 3. The number of rotatable bonds is 2. The third-order valence-electron chi connectivity index (χ3n) is 2.55. The molecule has 3 aromatic heterocycles. The van der Waals surface area contributed by atoms with E-state index in [4.69, 9.17) is 11.5 Å². The number of thiophene rings is 1. The first-order chi connectivity index (χ1) is 8.65. The molecule has 0 unspecified atom stereocenters. The summed E-state index contributed by atoms with van der Waals surface area (Å²) in [7, 11) is 0. The first-order valence-corrected chi connectivity index (χ1v) is 6.07. The van der Waals surface area contributed by atoms with E-state index in [0.29, 0.717) is 12.2 Å². The van der Waals surface area contributed by atoms with Gasteiger partial charge in [-0.15, -0.1) is 23.7 Å². The molecular weight excluding hydrogens is 288 g/mol. The Labute approximate surface area is 117 Å². The highest BCUT2D eigenvalue weighted by atomic mass is 35.5. The van der Waals surface area contributed by atoms with Gasteiger partial charge in [0.05, 0.1) is 6.54 Å². The van der Waals surface area contributed by atoms with Crippen molar-refractivity contribution in [2.75, 3.05) is 11.5 Å². The van der Waals surface area contributed by atoms with Crippen LogP contribution < -0.4 is 17.0 Å². The quantitative estimate of drug-likeness (QED) is 0.647. The number of hydrogen-bond donors (Lipinski definition) is 3. The van der Waals surface area contributed by atoms with E-state index in [9.17, 15) is 4.79 Å². The summed E-state index contributed by atoms with van der Waals surface area (Å²) in [4.78, 5) is 23.3. The molecule has 5 N–H and O–H groups in total. The van der Waals surface area contributed by atoms with Gasteiger partial charge in [0, 0.05) is 4.88 Å². The molecule has 0 saturated heterocycles. The minimum Gasteiger partial charge on any atom is -0.369 e. The number of imidazole rings is 1. The Balaban J connectivity index is 0.00000133. The van der Waals surface area contributed by atoms with Gasteiger partial charge in [0.25, 0.3) is 5.56 Å². The summed E-state index contributed by atoms with van der Waals surface area (Å²) in [6.07, 6.45) is 0. The third kappa shape index (κ3) is 2.27. The molecule has 19 heavy (non-hydrogen) atoms. The van der Waals surface area contributed by atoms with Crippen molar-refractivity contribution in [3.8, 4) is 0 Å². The molecule has 0 aliphatic carbocycles. The SMILES string of the molecule is Cl.Nc1nc2c(nc(N)n2Cc2cccs2)c(=O)[nH]1. The van der Waals surface area contributed by atoms with Crippen molar-refractivity contribution in [3.63, 3.8) is 0 Å².